The number of rotatable bonds is 5. The highest BCUT2D eigenvalue weighted by Crippen LogP contribution is 2.21. The van der Waals surface area contributed by atoms with Gasteiger partial charge >= 0.3 is 0 Å². The Kier molecular flexibility index (Phi) is 3.69. The third kappa shape index (κ3) is 2.65. The highest BCUT2D eigenvalue weighted by atomic mass is 16.5. The fourth-order valence-electron chi connectivity index (χ4n) is 2.32. The van der Waals surface area contributed by atoms with Crippen LogP contribution in [0, 0.1) is 0 Å². The molecule has 21 heavy (non-hydrogen) atoms. The van der Waals surface area contributed by atoms with Crippen LogP contribution >= 0.6 is 0 Å². The van der Waals surface area contributed by atoms with Crippen molar-refractivity contribution in [2.75, 3.05) is 0 Å². The first-order valence-corrected chi connectivity index (χ1v) is 6.93. The van der Waals surface area contributed by atoms with E-state index in [1.165, 1.54) is 0 Å². The minimum Gasteiger partial charge on any atom is -0.488 e. The first-order chi connectivity index (χ1) is 10.3. The van der Waals surface area contributed by atoms with Gasteiger partial charge in [0.2, 0.25) is 0 Å². The summed E-state index contributed by atoms with van der Waals surface area (Å²) in [5.41, 5.74) is 3.57. The van der Waals surface area contributed by atoms with E-state index in [1.807, 2.05) is 47.1 Å². The Hall–Kier alpha value is -2.62. The first-order valence-electron chi connectivity index (χ1n) is 6.93. The number of benzene rings is 1. The lowest BCUT2D eigenvalue weighted by Gasteiger charge is -2.10. The van der Waals surface area contributed by atoms with Gasteiger partial charge in [-0.15, -0.1) is 0 Å². The van der Waals surface area contributed by atoms with Gasteiger partial charge in [-0.2, -0.15) is 0 Å². The fraction of sp³-hybridized carbons (Fsp3) is 0.176. The van der Waals surface area contributed by atoms with Gasteiger partial charge in [-0.25, -0.2) is 4.98 Å². The number of aldehydes is 1. The predicted molar refractivity (Wildman–Crippen MR) is 80.7 cm³/mol. The van der Waals surface area contributed by atoms with Crippen molar-refractivity contribution in [2.45, 2.75) is 20.0 Å². The molecule has 0 saturated heterocycles. The van der Waals surface area contributed by atoms with Gasteiger partial charge in [0.25, 0.3) is 0 Å². The fourth-order valence-corrected chi connectivity index (χ4v) is 2.32. The molecule has 0 fully saturated rings. The second-order valence-corrected chi connectivity index (χ2v) is 4.82. The maximum atomic E-state index is 11.2. The molecule has 4 heteroatoms. The van der Waals surface area contributed by atoms with Crippen LogP contribution in [0.25, 0.3) is 5.65 Å². The molecule has 1 aromatic carbocycles. The molecular formula is C17H16N2O2. The number of imidazole rings is 1. The number of fused-ring (bicyclic) bond motifs is 1. The van der Waals surface area contributed by atoms with Crippen molar-refractivity contribution >= 4 is 11.9 Å². The topological polar surface area (TPSA) is 43.6 Å². The third-order valence-electron chi connectivity index (χ3n) is 3.49. The first kappa shape index (κ1) is 13.4. The Morgan fingerprint density at radius 2 is 2.19 bits per heavy atom. The van der Waals surface area contributed by atoms with Crippen LogP contribution in [0.5, 0.6) is 5.75 Å². The normalized spacial score (nSPS) is 10.7. The summed E-state index contributed by atoms with van der Waals surface area (Å²) >= 11 is 0. The van der Waals surface area contributed by atoms with Gasteiger partial charge in [0.05, 0.1) is 5.56 Å². The second kappa shape index (κ2) is 5.79. The Labute approximate surface area is 123 Å². The molecule has 2 heterocycles. The molecule has 0 N–H and O–H groups in total. The van der Waals surface area contributed by atoms with E-state index in [0.717, 1.165) is 29.5 Å². The number of carbonyl (C=O) groups is 1. The number of hydrogen-bond acceptors (Lipinski definition) is 3. The maximum Gasteiger partial charge on any atom is 0.153 e. The van der Waals surface area contributed by atoms with Crippen molar-refractivity contribution in [3.63, 3.8) is 0 Å². The molecular weight excluding hydrogens is 264 g/mol. The average Bonchev–Trinajstić information content (AvgIpc) is 3.01. The summed E-state index contributed by atoms with van der Waals surface area (Å²) in [6.45, 7) is 2.44. The Morgan fingerprint density at radius 1 is 1.29 bits per heavy atom. The van der Waals surface area contributed by atoms with Crippen molar-refractivity contribution < 1.29 is 9.53 Å². The predicted octanol–water partition coefficient (Wildman–Crippen LogP) is 3.29. The second-order valence-electron chi connectivity index (χ2n) is 4.82. The third-order valence-corrected chi connectivity index (χ3v) is 3.49. The summed E-state index contributed by atoms with van der Waals surface area (Å²) in [6.07, 6.45) is 7.33. The van der Waals surface area contributed by atoms with Gasteiger partial charge in [-0.3, -0.25) is 4.79 Å². The van der Waals surface area contributed by atoms with E-state index in [0.29, 0.717) is 17.9 Å². The number of hydrogen-bond donors (Lipinski definition) is 0. The zero-order valence-electron chi connectivity index (χ0n) is 11.8. The number of ether oxygens (including phenoxy) is 1. The zero-order chi connectivity index (χ0) is 14.7. The van der Waals surface area contributed by atoms with E-state index in [4.69, 9.17) is 4.74 Å². The average molecular weight is 280 g/mol. The van der Waals surface area contributed by atoms with Gasteiger partial charge in [0.15, 0.2) is 6.29 Å². The van der Waals surface area contributed by atoms with Crippen LogP contribution in [-0.2, 0) is 13.0 Å². The minimum atomic E-state index is 0.383. The number of aryl methyl sites for hydroxylation is 1. The molecule has 0 atom stereocenters. The molecule has 3 aromatic rings. The number of pyridine rings is 1. The van der Waals surface area contributed by atoms with Crippen LogP contribution in [0.1, 0.15) is 28.4 Å². The van der Waals surface area contributed by atoms with Crippen LogP contribution in [0.3, 0.4) is 0 Å². The summed E-state index contributed by atoms with van der Waals surface area (Å²) in [6, 6.07) is 9.64. The van der Waals surface area contributed by atoms with Crippen molar-refractivity contribution in [3.8, 4) is 5.75 Å². The van der Waals surface area contributed by atoms with Crippen LogP contribution in [-0.4, -0.2) is 15.7 Å². The summed E-state index contributed by atoms with van der Waals surface area (Å²) in [4.78, 5) is 15.5. The van der Waals surface area contributed by atoms with E-state index >= 15 is 0 Å². The van der Waals surface area contributed by atoms with Crippen LogP contribution < -0.4 is 4.74 Å². The quantitative estimate of drug-likeness (QED) is 0.674. The molecule has 0 saturated carbocycles. The molecule has 0 aliphatic heterocycles. The number of carbonyl (C=O) groups excluding carboxylic acids is 1. The van der Waals surface area contributed by atoms with E-state index in [2.05, 4.69) is 11.9 Å². The van der Waals surface area contributed by atoms with Crippen molar-refractivity contribution in [1.29, 1.82) is 0 Å². The molecule has 0 spiro atoms. The molecule has 0 bridgehead atoms. The monoisotopic (exact) mass is 280 g/mol. The molecule has 2 aromatic heterocycles. The smallest absolute Gasteiger partial charge is 0.153 e. The molecule has 106 valence electrons. The summed E-state index contributed by atoms with van der Waals surface area (Å²) in [5.74, 6) is 0.607. The Morgan fingerprint density at radius 3 is 3.00 bits per heavy atom. The van der Waals surface area contributed by atoms with E-state index in [9.17, 15) is 4.79 Å². The van der Waals surface area contributed by atoms with Crippen molar-refractivity contribution in [3.05, 3.63) is 65.6 Å². The molecule has 0 radical (unpaired) electrons. The van der Waals surface area contributed by atoms with Gasteiger partial charge in [-0.1, -0.05) is 19.1 Å². The van der Waals surface area contributed by atoms with Crippen LogP contribution in [0.15, 0.2) is 48.9 Å². The maximum absolute atomic E-state index is 11.2. The summed E-state index contributed by atoms with van der Waals surface area (Å²) in [7, 11) is 0. The van der Waals surface area contributed by atoms with E-state index in [1.54, 1.807) is 6.20 Å². The Balaban J connectivity index is 1.84. The highest BCUT2D eigenvalue weighted by molar-refractivity contribution is 5.79. The van der Waals surface area contributed by atoms with E-state index in [-0.39, 0.29) is 0 Å². The van der Waals surface area contributed by atoms with Crippen LogP contribution in [0.2, 0.25) is 0 Å². The number of aromatic nitrogens is 2. The highest BCUT2D eigenvalue weighted by Gasteiger charge is 2.07. The van der Waals surface area contributed by atoms with E-state index < -0.39 is 0 Å². The SMILES string of the molecule is CCc1ccc(OCc2cccn3ccnc23)c(C=O)c1. The summed E-state index contributed by atoms with van der Waals surface area (Å²) in [5, 5.41) is 0. The van der Waals surface area contributed by atoms with Gasteiger partial charge in [-0.05, 0) is 30.2 Å². The lowest BCUT2D eigenvalue weighted by Crippen LogP contribution is -2.01. The standard InChI is InChI=1S/C17H16N2O2/c1-2-13-5-6-16(15(10-13)11-20)21-12-14-4-3-8-19-9-7-18-17(14)19/h3-11H,2,12H2,1H3. The summed E-state index contributed by atoms with van der Waals surface area (Å²) < 4.78 is 7.75. The molecule has 0 amide bonds. The van der Waals surface area contributed by atoms with Gasteiger partial charge in [0.1, 0.15) is 18.0 Å². The largest absolute Gasteiger partial charge is 0.488 e. The van der Waals surface area contributed by atoms with Gasteiger partial charge in [0, 0.05) is 24.2 Å². The van der Waals surface area contributed by atoms with Crippen molar-refractivity contribution in [1.82, 2.24) is 9.38 Å². The molecule has 4 nitrogen and oxygen atoms in total. The van der Waals surface area contributed by atoms with Crippen LogP contribution in [0.4, 0.5) is 0 Å². The molecule has 0 aliphatic rings. The minimum absolute atomic E-state index is 0.383. The van der Waals surface area contributed by atoms with Crippen molar-refractivity contribution in [2.24, 2.45) is 0 Å². The lowest BCUT2D eigenvalue weighted by molar-refractivity contribution is 0.111. The molecule has 3 rings (SSSR count). The molecule has 0 unspecified atom stereocenters. The Bertz CT molecular complexity index is 777. The zero-order valence-corrected chi connectivity index (χ0v) is 11.8. The molecule has 0 aliphatic carbocycles. The van der Waals surface area contributed by atoms with Gasteiger partial charge < -0.3 is 9.14 Å². The lowest BCUT2D eigenvalue weighted by atomic mass is 10.1. The number of nitrogens with zero attached hydrogens (tertiary/aromatic N) is 2.